The average Bonchev–Trinajstić information content (AvgIpc) is 2.29. The largest absolute Gasteiger partial charge is 0.416 e. The third-order valence-corrected chi connectivity index (χ3v) is 1.76. The molecule has 12 heavy (non-hydrogen) atoms. The Bertz CT molecular complexity index is 314. The lowest BCUT2D eigenvalue weighted by molar-refractivity contribution is 0.385. The molecule has 0 fully saturated rings. The minimum Gasteiger partial charge on any atom is -0.412 e. The summed E-state index contributed by atoms with van der Waals surface area (Å²) in [7, 11) is 0. The van der Waals surface area contributed by atoms with E-state index in [0.717, 1.165) is 17.9 Å². The summed E-state index contributed by atoms with van der Waals surface area (Å²) < 4.78 is 5.06. The second kappa shape index (κ2) is 2.81. The molecule has 0 saturated carbocycles. The molecule has 0 saturated heterocycles. The fourth-order valence-corrected chi connectivity index (χ4v) is 1.21. The van der Waals surface area contributed by atoms with Crippen molar-refractivity contribution < 1.29 is 4.42 Å². The first-order valence-electron chi connectivity index (χ1n) is 4.17. The van der Waals surface area contributed by atoms with E-state index in [0.29, 0.717) is 0 Å². The van der Waals surface area contributed by atoms with Gasteiger partial charge in [-0.1, -0.05) is 27.7 Å². The maximum absolute atomic E-state index is 10.9. The summed E-state index contributed by atoms with van der Waals surface area (Å²) in [6.45, 7) is 8.07. The summed E-state index contributed by atoms with van der Waals surface area (Å²) in [6.07, 6.45) is 0.804. The first-order chi connectivity index (χ1) is 5.45. The monoisotopic (exact) mass is 169 g/mol. The van der Waals surface area contributed by atoms with Crippen molar-refractivity contribution >= 4 is 0 Å². The summed E-state index contributed by atoms with van der Waals surface area (Å²) in [5.74, 6) is 0.423. The Balaban J connectivity index is 3.23. The number of rotatable bonds is 1. The Morgan fingerprint density at radius 2 is 2.00 bits per heavy atom. The van der Waals surface area contributed by atoms with Crippen LogP contribution in [0, 0.1) is 0 Å². The summed E-state index contributed by atoms with van der Waals surface area (Å²) in [4.78, 5) is 13.6. The van der Waals surface area contributed by atoms with Crippen LogP contribution in [0.25, 0.3) is 0 Å². The normalized spacial score (nSPS) is 12.0. The van der Waals surface area contributed by atoms with Crippen LogP contribution in [-0.4, -0.2) is 4.98 Å². The topological polar surface area (TPSA) is 46.0 Å². The number of oxazole rings is 1. The molecule has 0 aliphatic heterocycles. The van der Waals surface area contributed by atoms with E-state index in [1.54, 1.807) is 0 Å². The molecule has 1 rings (SSSR count). The van der Waals surface area contributed by atoms with Gasteiger partial charge in [0.25, 0.3) is 0 Å². The number of aromatic nitrogens is 1. The third-order valence-electron chi connectivity index (χ3n) is 1.76. The Labute approximate surface area is 71.8 Å². The van der Waals surface area contributed by atoms with Gasteiger partial charge in [0, 0.05) is 5.41 Å². The molecule has 3 heteroatoms. The molecule has 0 aromatic carbocycles. The van der Waals surface area contributed by atoms with Crippen LogP contribution < -0.4 is 5.76 Å². The standard InChI is InChI=1S/C9H15NO2/c1-5-6-7(9(2,3)4)12-8(11)10-6/h5H2,1-4H3,(H,10,11). The highest BCUT2D eigenvalue weighted by Gasteiger charge is 2.22. The van der Waals surface area contributed by atoms with Crippen LogP contribution >= 0.6 is 0 Å². The zero-order chi connectivity index (χ0) is 9.35. The summed E-state index contributed by atoms with van der Waals surface area (Å²) in [5.41, 5.74) is 0.817. The Hall–Kier alpha value is -0.990. The number of hydrogen-bond donors (Lipinski definition) is 1. The summed E-state index contributed by atoms with van der Waals surface area (Å²) >= 11 is 0. The van der Waals surface area contributed by atoms with E-state index in [4.69, 9.17) is 4.42 Å². The molecule has 0 radical (unpaired) electrons. The molecule has 1 N–H and O–H groups in total. The third kappa shape index (κ3) is 1.60. The van der Waals surface area contributed by atoms with Crippen molar-refractivity contribution in [2.75, 3.05) is 0 Å². The van der Waals surface area contributed by atoms with Crippen LogP contribution in [0.4, 0.5) is 0 Å². The van der Waals surface area contributed by atoms with Crippen LogP contribution in [0.2, 0.25) is 0 Å². The Kier molecular flexibility index (Phi) is 2.13. The van der Waals surface area contributed by atoms with Crippen molar-refractivity contribution in [3.05, 3.63) is 22.0 Å². The minimum atomic E-state index is -0.350. The van der Waals surface area contributed by atoms with Crippen molar-refractivity contribution in [3.63, 3.8) is 0 Å². The quantitative estimate of drug-likeness (QED) is 0.697. The first kappa shape index (κ1) is 9.10. The average molecular weight is 169 g/mol. The van der Waals surface area contributed by atoms with E-state index in [-0.39, 0.29) is 11.2 Å². The molecule has 0 unspecified atom stereocenters. The Morgan fingerprint density at radius 3 is 2.33 bits per heavy atom. The molecule has 1 aromatic rings. The molecule has 0 atom stereocenters. The van der Waals surface area contributed by atoms with Gasteiger partial charge in [0.1, 0.15) is 5.76 Å². The van der Waals surface area contributed by atoms with Gasteiger partial charge in [-0.05, 0) is 6.42 Å². The summed E-state index contributed by atoms with van der Waals surface area (Å²) in [5, 5.41) is 0. The van der Waals surface area contributed by atoms with Crippen molar-refractivity contribution in [2.24, 2.45) is 0 Å². The lowest BCUT2D eigenvalue weighted by atomic mass is 9.91. The zero-order valence-corrected chi connectivity index (χ0v) is 8.02. The molecule has 0 aliphatic carbocycles. The molecule has 3 nitrogen and oxygen atoms in total. The van der Waals surface area contributed by atoms with Crippen molar-refractivity contribution in [2.45, 2.75) is 39.5 Å². The zero-order valence-electron chi connectivity index (χ0n) is 8.02. The van der Waals surface area contributed by atoms with E-state index in [9.17, 15) is 4.79 Å². The second-order valence-corrected chi connectivity index (χ2v) is 3.93. The van der Waals surface area contributed by atoms with E-state index in [1.807, 2.05) is 27.7 Å². The molecule has 1 aromatic heterocycles. The smallest absolute Gasteiger partial charge is 0.412 e. The molecule has 0 bridgehead atoms. The molecule has 0 amide bonds. The molecular formula is C9H15NO2. The van der Waals surface area contributed by atoms with Gasteiger partial charge in [-0.15, -0.1) is 0 Å². The molecule has 0 aliphatic rings. The van der Waals surface area contributed by atoms with Gasteiger partial charge in [-0.3, -0.25) is 4.98 Å². The van der Waals surface area contributed by atoms with Gasteiger partial charge in [0.2, 0.25) is 0 Å². The lowest BCUT2D eigenvalue weighted by Crippen LogP contribution is -2.12. The van der Waals surface area contributed by atoms with E-state index < -0.39 is 0 Å². The highest BCUT2D eigenvalue weighted by atomic mass is 16.4. The Morgan fingerprint density at radius 1 is 1.42 bits per heavy atom. The van der Waals surface area contributed by atoms with Gasteiger partial charge in [0.05, 0.1) is 5.69 Å². The van der Waals surface area contributed by atoms with Crippen molar-refractivity contribution in [1.82, 2.24) is 4.98 Å². The minimum absolute atomic E-state index is 0.0928. The van der Waals surface area contributed by atoms with Gasteiger partial charge in [-0.2, -0.15) is 0 Å². The van der Waals surface area contributed by atoms with Crippen LogP contribution in [0.1, 0.15) is 39.1 Å². The number of aromatic amines is 1. The van der Waals surface area contributed by atoms with E-state index >= 15 is 0 Å². The second-order valence-electron chi connectivity index (χ2n) is 3.93. The van der Waals surface area contributed by atoms with Gasteiger partial charge < -0.3 is 4.42 Å². The number of H-pyrrole nitrogens is 1. The fourth-order valence-electron chi connectivity index (χ4n) is 1.21. The fraction of sp³-hybridized carbons (Fsp3) is 0.667. The molecular weight excluding hydrogens is 154 g/mol. The lowest BCUT2D eigenvalue weighted by Gasteiger charge is -2.15. The number of hydrogen-bond acceptors (Lipinski definition) is 2. The maximum Gasteiger partial charge on any atom is 0.416 e. The van der Waals surface area contributed by atoms with E-state index in [1.165, 1.54) is 0 Å². The van der Waals surface area contributed by atoms with Gasteiger partial charge in [0.15, 0.2) is 0 Å². The van der Waals surface area contributed by atoms with E-state index in [2.05, 4.69) is 4.98 Å². The number of nitrogens with one attached hydrogen (secondary N) is 1. The van der Waals surface area contributed by atoms with Crippen LogP contribution in [-0.2, 0) is 11.8 Å². The van der Waals surface area contributed by atoms with Crippen molar-refractivity contribution in [3.8, 4) is 0 Å². The summed E-state index contributed by atoms with van der Waals surface area (Å²) in [6, 6.07) is 0. The van der Waals surface area contributed by atoms with Crippen LogP contribution in [0.3, 0.4) is 0 Å². The predicted molar refractivity (Wildman–Crippen MR) is 47.4 cm³/mol. The van der Waals surface area contributed by atoms with Crippen LogP contribution in [0.15, 0.2) is 9.21 Å². The number of aryl methyl sites for hydroxylation is 1. The molecule has 68 valence electrons. The predicted octanol–water partition coefficient (Wildman–Crippen LogP) is 1.83. The van der Waals surface area contributed by atoms with Crippen LogP contribution in [0.5, 0.6) is 0 Å². The SMILES string of the molecule is CCc1[nH]c(=O)oc1C(C)(C)C. The maximum atomic E-state index is 10.9. The van der Waals surface area contributed by atoms with Gasteiger partial charge in [-0.25, -0.2) is 4.79 Å². The molecule has 0 spiro atoms. The first-order valence-corrected chi connectivity index (χ1v) is 4.17. The van der Waals surface area contributed by atoms with Gasteiger partial charge >= 0.3 is 5.76 Å². The molecule has 1 heterocycles. The highest BCUT2D eigenvalue weighted by molar-refractivity contribution is 5.15. The van der Waals surface area contributed by atoms with Crippen molar-refractivity contribution in [1.29, 1.82) is 0 Å². The highest BCUT2D eigenvalue weighted by Crippen LogP contribution is 2.23.